The highest BCUT2D eigenvalue weighted by Gasteiger charge is 2.38. The molecule has 2 aliphatic rings. The molecule has 0 spiro atoms. The fourth-order valence-electron chi connectivity index (χ4n) is 3.35. The number of carbonyl (C=O) groups excluding carboxylic acids is 2. The molecule has 122 valence electrons. The number of nitrogens with one attached hydrogen (secondary N) is 1. The highest BCUT2D eigenvalue weighted by atomic mass is 16.5. The maximum absolute atomic E-state index is 12.1. The first kappa shape index (κ1) is 15.6. The van der Waals surface area contributed by atoms with Crippen LogP contribution in [-0.4, -0.2) is 24.6 Å². The Morgan fingerprint density at radius 3 is 2.96 bits per heavy atom. The number of carboxylic acid groups (broad SMARTS) is 1. The van der Waals surface area contributed by atoms with Gasteiger partial charge in [-0.25, -0.2) is 4.79 Å². The largest absolute Gasteiger partial charge is 0.548 e. The van der Waals surface area contributed by atoms with Gasteiger partial charge in [0.15, 0.2) is 0 Å². The summed E-state index contributed by atoms with van der Waals surface area (Å²) in [5.41, 5.74) is 2.20. The van der Waals surface area contributed by atoms with E-state index in [1.807, 2.05) is 25.1 Å². The van der Waals surface area contributed by atoms with Crippen LogP contribution in [0.15, 0.2) is 30.4 Å². The van der Waals surface area contributed by atoms with E-state index in [1.54, 1.807) is 12.1 Å². The first-order valence-electron chi connectivity index (χ1n) is 8.07. The zero-order valence-corrected chi connectivity index (χ0v) is 13.1. The van der Waals surface area contributed by atoms with Crippen LogP contribution < -0.4 is 10.4 Å². The van der Waals surface area contributed by atoms with Gasteiger partial charge in [-0.3, -0.25) is 0 Å². The molecule has 0 fully saturated rings. The van der Waals surface area contributed by atoms with Crippen LogP contribution in [0.3, 0.4) is 0 Å². The van der Waals surface area contributed by atoms with Gasteiger partial charge in [0.2, 0.25) is 0 Å². The number of aliphatic carboxylic acids is 1. The number of fused-ring (bicyclic) bond motifs is 3. The van der Waals surface area contributed by atoms with Gasteiger partial charge in [-0.1, -0.05) is 25.5 Å². The molecule has 0 radical (unpaired) electrons. The van der Waals surface area contributed by atoms with E-state index in [1.165, 1.54) is 0 Å². The van der Waals surface area contributed by atoms with Crippen molar-refractivity contribution in [2.45, 2.75) is 38.1 Å². The van der Waals surface area contributed by atoms with Gasteiger partial charge in [0, 0.05) is 11.6 Å². The van der Waals surface area contributed by atoms with Crippen molar-refractivity contribution >= 4 is 17.6 Å². The van der Waals surface area contributed by atoms with Crippen molar-refractivity contribution in [3.8, 4) is 0 Å². The predicted molar refractivity (Wildman–Crippen MR) is 84.0 cm³/mol. The second kappa shape index (κ2) is 6.44. The Morgan fingerprint density at radius 2 is 2.22 bits per heavy atom. The van der Waals surface area contributed by atoms with E-state index >= 15 is 0 Å². The smallest absolute Gasteiger partial charge is 0.338 e. The molecule has 1 heterocycles. The van der Waals surface area contributed by atoms with E-state index in [2.05, 4.69) is 5.32 Å². The number of hydrogen-bond acceptors (Lipinski definition) is 5. The molecule has 0 unspecified atom stereocenters. The summed E-state index contributed by atoms with van der Waals surface area (Å²) < 4.78 is 5.25. The molecular weight excluding hydrogens is 294 g/mol. The third-order valence-electron chi connectivity index (χ3n) is 4.58. The number of unbranched alkanes of at least 4 members (excludes halogenated alkanes) is 1. The molecule has 0 saturated heterocycles. The Bertz CT molecular complexity index is 652. The van der Waals surface area contributed by atoms with Crippen molar-refractivity contribution in [2.24, 2.45) is 5.92 Å². The number of esters is 1. The fraction of sp³-hybridized carbons (Fsp3) is 0.444. The van der Waals surface area contributed by atoms with Gasteiger partial charge in [-0.2, -0.15) is 0 Å². The monoisotopic (exact) mass is 314 g/mol. The van der Waals surface area contributed by atoms with E-state index in [0.29, 0.717) is 18.6 Å². The number of hydrogen-bond donors (Lipinski definition) is 1. The number of benzene rings is 1. The van der Waals surface area contributed by atoms with Gasteiger partial charge >= 0.3 is 5.97 Å². The molecule has 0 amide bonds. The van der Waals surface area contributed by atoms with Crippen molar-refractivity contribution in [3.05, 3.63) is 41.5 Å². The van der Waals surface area contributed by atoms with Crippen LogP contribution in [0.1, 0.15) is 48.0 Å². The first-order valence-corrected chi connectivity index (χ1v) is 8.07. The molecule has 3 atom stereocenters. The van der Waals surface area contributed by atoms with Gasteiger partial charge in [0.1, 0.15) is 0 Å². The van der Waals surface area contributed by atoms with Gasteiger partial charge < -0.3 is 20.0 Å². The lowest BCUT2D eigenvalue weighted by Gasteiger charge is -2.37. The number of carbonyl (C=O) groups is 2. The molecule has 0 saturated carbocycles. The van der Waals surface area contributed by atoms with E-state index < -0.39 is 12.0 Å². The van der Waals surface area contributed by atoms with Crippen LogP contribution in [0.5, 0.6) is 0 Å². The normalized spacial score (nSPS) is 24.5. The molecule has 1 N–H and O–H groups in total. The summed E-state index contributed by atoms with van der Waals surface area (Å²) in [5, 5.41) is 14.4. The number of ether oxygens (including phenoxy) is 1. The SMILES string of the molecule is CCCCOC(=O)c1ccc2c(c1)[C@@H]1C=CC[C@@H]1[C@H](C(=O)[O-])N2. The second-order valence-corrected chi connectivity index (χ2v) is 6.09. The summed E-state index contributed by atoms with van der Waals surface area (Å²) in [6.45, 7) is 2.46. The van der Waals surface area contributed by atoms with E-state index in [0.717, 1.165) is 24.1 Å². The summed E-state index contributed by atoms with van der Waals surface area (Å²) in [5.74, 6) is -1.49. The third kappa shape index (κ3) is 2.96. The molecule has 3 rings (SSSR count). The molecule has 1 aliphatic carbocycles. The van der Waals surface area contributed by atoms with Gasteiger partial charge in [-0.05, 0) is 42.5 Å². The molecule has 1 aromatic rings. The standard InChI is InChI=1S/C18H21NO4/c1-2-3-9-23-18(22)11-7-8-15-14(10-11)12-5-4-6-13(12)16(19-15)17(20)21/h4-5,7-8,10,12-13,16,19H,2-3,6,9H2,1H3,(H,20,21)/p-1/t12-,13+,16-/m1/s1. The van der Waals surface area contributed by atoms with Gasteiger partial charge in [-0.15, -0.1) is 0 Å². The van der Waals surface area contributed by atoms with Gasteiger partial charge in [0.25, 0.3) is 0 Å². The molecule has 1 aliphatic heterocycles. The Morgan fingerprint density at radius 1 is 1.39 bits per heavy atom. The second-order valence-electron chi connectivity index (χ2n) is 6.09. The highest BCUT2D eigenvalue weighted by Crippen LogP contribution is 2.44. The molecule has 0 aromatic heterocycles. The van der Waals surface area contributed by atoms with Crippen LogP contribution >= 0.6 is 0 Å². The van der Waals surface area contributed by atoms with Crippen LogP contribution in [-0.2, 0) is 9.53 Å². The Balaban J connectivity index is 1.85. The fourth-order valence-corrected chi connectivity index (χ4v) is 3.35. The topological polar surface area (TPSA) is 78.5 Å². The van der Waals surface area contributed by atoms with Crippen molar-refractivity contribution < 1.29 is 19.4 Å². The lowest BCUT2D eigenvalue weighted by atomic mass is 9.79. The summed E-state index contributed by atoms with van der Waals surface area (Å²) in [4.78, 5) is 23.5. The summed E-state index contributed by atoms with van der Waals surface area (Å²) >= 11 is 0. The summed E-state index contributed by atoms with van der Waals surface area (Å²) in [6.07, 6.45) is 6.53. The molecular formula is C18H20NO4-. The van der Waals surface area contributed by atoms with Crippen LogP contribution in [0, 0.1) is 5.92 Å². The molecule has 1 aromatic carbocycles. The quantitative estimate of drug-likeness (QED) is 0.510. The van der Waals surface area contributed by atoms with Crippen molar-refractivity contribution in [1.82, 2.24) is 0 Å². The minimum Gasteiger partial charge on any atom is -0.548 e. The first-order chi connectivity index (χ1) is 11.1. The lowest BCUT2D eigenvalue weighted by molar-refractivity contribution is -0.308. The Labute approximate surface area is 135 Å². The minimum atomic E-state index is -1.09. The maximum Gasteiger partial charge on any atom is 0.338 e. The third-order valence-corrected chi connectivity index (χ3v) is 4.58. The zero-order valence-electron chi connectivity index (χ0n) is 13.1. The van der Waals surface area contributed by atoms with Crippen LogP contribution in [0.25, 0.3) is 0 Å². The van der Waals surface area contributed by atoms with Crippen LogP contribution in [0.2, 0.25) is 0 Å². The van der Waals surface area contributed by atoms with Crippen molar-refractivity contribution in [1.29, 1.82) is 0 Å². The molecule has 5 heteroatoms. The average Bonchev–Trinajstić information content (AvgIpc) is 3.03. The highest BCUT2D eigenvalue weighted by molar-refractivity contribution is 5.91. The Hall–Kier alpha value is -2.30. The van der Waals surface area contributed by atoms with Gasteiger partial charge in [0.05, 0.1) is 24.2 Å². The maximum atomic E-state index is 12.1. The van der Waals surface area contributed by atoms with Crippen molar-refractivity contribution in [2.75, 3.05) is 11.9 Å². The van der Waals surface area contributed by atoms with E-state index in [9.17, 15) is 14.7 Å². The molecule has 0 bridgehead atoms. The van der Waals surface area contributed by atoms with E-state index in [-0.39, 0.29) is 17.8 Å². The average molecular weight is 314 g/mol. The predicted octanol–water partition coefficient (Wildman–Crippen LogP) is 1.85. The Kier molecular flexibility index (Phi) is 4.37. The number of allylic oxidation sites excluding steroid dienone is 2. The van der Waals surface area contributed by atoms with Crippen LogP contribution in [0.4, 0.5) is 5.69 Å². The molecule has 5 nitrogen and oxygen atoms in total. The minimum absolute atomic E-state index is 0.00228. The molecule has 23 heavy (non-hydrogen) atoms. The van der Waals surface area contributed by atoms with E-state index in [4.69, 9.17) is 4.74 Å². The summed E-state index contributed by atoms with van der Waals surface area (Å²) in [6, 6.07) is 4.54. The lowest BCUT2D eigenvalue weighted by Crippen LogP contribution is -2.48. The number of carboxylic acids is 1. The number of rotatable bonds is 5. The summed E-state index contributed by atoms with van der Waals surface area (Å²) in [7, 11) is 0. The number of anilines is 1. The zero-order chi connectivity index (χ0) is 16.4. The van der Waals surface area contributed by atoms with Crippen molar-refractivity contribution in [3.63, 3.8) is 0 Å².